The number of azide groups is 1. The zero-order valence-corrected chi connectivity index (χ0v) is 11.0. The predicted molar refractivity (Wildman–Crippen MR) is 75.7 cm³/mol. The average Bonchev–Trinajstić information content (AvgIpc) is 2.43. The van der Waals surface area contributed by atoms with E-state index in [2.05, 4.69) is 27.1 Å². The molecule has 0 fully saturated rings. The van der Waals surface area contributed by atoms with Crippen molar-refractivity contribution in [3.63, 3.8) is 0 Å². The van der Waals surface area contributed by atoms with Gasteiger partial charge in [0.15, 0.2) is 0 Å². The molecule has 4 nitrogen and oxygen atoms in total. The summed E-state index contributed by atoms with van der Waals surface area (Å²) in [5.74, 6) is 0. The second kappa shape index (κ2) is 6.57. The van der Waals surface area contributed by atoms with Crippen molar-refractivity contribution in [3.8, 4) is 0 Å². The Morgan fingerprint density at radius 3 is 2.63 bits per heavy atom. The van der Waals surface area contributed by atoms with E-state index < -0.39 is 0 Å². The summed E-state index contributed by atoms with van der Waals surface area (Å²) >= 11 is 0. The van der Waals surface area contributed by atoms with Crippen LogP contribution in [0.5, 0.6) is 0 Å². The topological polar surface area (TPSA) is 61.7 Å². The van der Waals surface area contributed by atoms with Crippen LogP contribution in [0.4, 0.5) is 0 Å². The molecule has 0 radical (unpaired) electrons. The van der Waals surface area contributed by atoms with E-state index in [1.165, 1.54) is 5.56 Å². The molecule has 4 heteroatoms. The van der Waals surface area contributed by atoms with Crippen molar-refractivity contribution in [1.29, 1.82) is 0 Å². The van der Waals surface area contributed by atoms with Gasteiger partial charge in [0.2, 0.25) is 0 Å². The number of hydrogen-bond donors (Lipinski definition) is 0. The molecule has 0 aliphatic carbocycles. The third kappa shape index (κ3) is 4.12. The van der Waals surface area contributed by atoms with E-state index in [1.54, 1.807) is 0 Å². The summed E-state index contributed by atoms with van der Waals surface area (Å²) in [6.07, 6.45) is 1.87. The fraction of sp³-hybridized carbons (Fsp3) is 0.267. The molecular formula is C15H16N4. The molecule has 1 heterocycles. The highest BCUT2D eigenvalue weighted by molar-refractivity contribution is 5.23. The third-order valence-electron chi connectivity index (χ3n) is 2.90. The minimum atomic E-state index is 0.387. The number of rotatable bonds is 5. The molecule has 1 aromatic heterocycles. The molecule has 0 aliphatic rings. The molecule has 0 unspecified atom stereocenters. The van der Waals surface area contributed by atoms with E-state index >= 15 is 0 Å². The second-order valence-corrected chi connectivity index (χ2v) is 4.48. The van der Waals surface area contributed by atoms with Crippen molar-refractivity contribution in [2.24, 2.45) is 5.11 Å². The molecular weight excluding hydrogens is 236 g/mol. The molecule has 19 heavy (non-hydrogen) atoms. The van der Waals surface area contributed by atoms with Crippen molar-refractivity contribution >= 4 is 0 Å². The molecule has 0 bridgehead atoms. The van der Waals surface area contributed by atoms with Gasteiger partial charge in [0.05, 0.1) is 6.54 Å². The summed E-state index contributed by atoms with van der Waals surface area (Å²) in [5, 5.41) is 3.60. The Labute approximate surface area is 112 Å². The minimum Gasteiger partial charge on any atom is -0.258 e. The Morgan fingerprint density at radius 1 is 1.11 bits per heavy atom. The lowest BCUT2D eigenvalue weighted by molar-refractivity contribution is 0.889. The van der Waals surface area contributed by atoms with E-state index in [4.69, 9.17) is 5.53 Å². The van der Waals surface area contributed by atoms with Crippen LogP contribution in [0.25, 0.3) is 10.4 Å². The average molecular weight is 252 g/mol. The maximum absolute atomic E-state index is 8.36. The first-order valence-corrected chi connectivity index (χ1v) is 6.29. The number of hydrogen-bond acceptors (Lipinski definition) is 2. The maximum Gasteiger partial charge on any atom is 0.0512 e. The summed E-state index contributed by atoms with van der Waals surface area (Å²) in [6.45, 7) is 2.35. The molecule has 0 aliphatic heterocycles. The Balaban J connectivity index is 2.07. The van der Waals surface area contributed by atoms with Gasteiger partial charge in [0.25, 0.3) is 0 Å². The van der Waals surface area contributed by atoms with Crippen LogP contribution in [-0.2, 0) is 19.4 Å². The molecule has 0 saturated heterocycles. The molecule has 96 valence electrons. The van der Waals surface area contributed by atoms with Crippen LogP contribution in [0.15, 0.2) is 47.6 Å². The first-order chi connectivity index (χ1) is 9.28. The van der Waals surface area contributed by atoms with Gasteiger partial charge < -0.3 is 0 Å². The van der Waals surface area contributed by atoms with Crippen molar-refractivity contribution in [2.45, 2.75) is 26.3 Å². The van der Waals surface area contributed by atoms with Crippen LogP contribution < -0.4 is 0 Å². The minimum absolute atomic E-state index is 0.387. The lowest BCUT2D eigenvalue weighted by Crippen LogP contribution is -1.98. The smallest absolute Gasteiger partial charge is 0.0512 e. The lowest BCUT2D eigenvalue weighted by atomic mass is 10.1. The van der Waals surface area contributed by atoms with Gasteiger partial charge in [-0.05, 0) is 48.6 Å². The molecule has 2 rings (SSSR count). The first kappa shape index (κ1) is 13.1. The van der Waals surface area contributed by atoms with Gasteiger partial charge in [-0.25, -0.2) is 0 Å². The quantitative estimate of drug-likeness (QED) is 0.451. The molecule has 0 atom stereocenters. The van der Waals surface area contributed by atoms with E-state index in [1.807, 2.05) is 37.3 Å². The number of nitrogens with zero attached hydrogens (tertiary/aromatic N) is 4. The SMILES string of the molecule is Cc1cc(CN=[N+]=[N-])cc(CCc2ccccc2)n1. The predicted octanol–water partition coefficient (Wildman–Crippen LogP) is 3.99. The Hall–Kier alpha value is -2.32. The zero-order valence-electron chi connectivity index (χ0n) is 11.0. The standard InChI is InChI=1S/C15H16N4/c1-12-9-14(11-17-19-16)10-15(18-12)8-7-13-5-3-2-4-6-13/h2-6,9-10H,7-8,11H2,1H3. The fourth-order valence-electron chi connectivity index (χ4n) is 2.06. The third-order valence-corrected chi connectivity index (χ3v) is 2.90. The van der Waals surface area contributed by atoms with Gasteiger partial charge in [-0.2, -0.15) is 0 Å². The molecule has 0 amide bonds. The van der Waals surface area contributed by atoms with Crippen molar-refractivity contribution in [2.75, 3.05) is 0 Å². The Bertz CT molecular complexity index is 586. The van der Waals surface area contributed by atoms with Crippen LogP contribution in [-0.4, -0.2) is 4.98 Å². The van der Waals surface area contributed by atoms with Crippen LogP contribution in [0.1, 0.15) is 22.5 Å². The molecule has 1 aromatic carbocycles. The molecule has 0 spiro atoms. The van der Waals surface area contributed by atoms with E-state index in [-0.39, 0.29) is 0 Å². The number of benzene rings is 1. The second-order valence-electron chi connectivity index (χ2n) is 4.48. The highest BCUT2D eigenvalue weighted by Crippen LogP contribution is 2.10. The largest absolute Gasteiger partial charge is 0.258 e. The lowest BCUT2D eigenvalue weighted by Gasteiger charge is -2.05. The van der Waals surface area contributed by atoms with E-state index in [0.717, 1.165) is 29.8 Å². The summed E-state index contributed by atoms with van der Waals surface area (Å²) in [7, 11) is 0. The Kier molecular flexibility index (Phi) is 4.54. The zero-order chi connectivity index (χ0) is 13.5. The number of pyridine rings is 1. The van der Waals surface area contributed by atoms with Gasteiger partial charge in [-0.1, -0.05) is 35.4 Å². The number of aromatic nitrogens is 1. The van der Waals surface area contributed by atoms with Gasteiger partial charge >= 0.3 is 0 Å². The van der Waals surface area contributed by atoms with Crippen LogP contribution >= 0.6 is 0 Å². The van der Waals surface area contributed by atoms with Crippen molar-refractivity contribution in [3.05, 3.63) is 75.4 Å². The summed E-state index contributed by atoms with van der Waals surface area (Å²) in [6, 6.07) is 14.3. The Morgan fingerprint density at radius 2 is 1.89 bits per heavy atom. The van der Waals surface area contributed by atoms with Gasteiger partial charge in [0, 0.05) is 16.3 Å². The summed E-state index contributed by atoms with van der Waals surface area (Å²) in [5.41, 5.74) is 12.7. The summed E-state index contributed by atoms with van der Waals surface area (Å²) < 4.78 is 0. The first-order valence-electron chi connectivity index (χ1n) is 6.29. The van der Waals surface area contributed by atoms with Crippen LogP contribution in [0.2, 0.25) is 0 Å². The van der Waals surface area contributed by atoms with E-state index in [0.29, 0.717) is 6.54 Å². The number of aryl methyl sites for hydroxylation is 3. The van der Waals surface area contributed by atoms with Gasteiger partial charge in [0.1, 0.15) is 0 Å². The molecule has 0 saturated carbocycles. The van der Waals surface area contributed by atoms with E-state index in [9.17, 15) is 0 Å². The highest BCUT2D eigenvalue weighted by Gasteiger charge is 2.01. The van der Waals surface area contributed by atoms with Crippen LogP contribution in [0.3, 0.4) is 0 Å². The molecule has 2 aromatic rings. The maximum atomic E-state index is 8.36. The fourth-order valence-corrected chi connectivity index (χ4v) is 2.06. The normalized spacial score (nSPS) is 9.95. The molecule has 0 N–H and O–H groups in total. The van der Waals surface area contributed by atoms with Crippen molar-refractivity contribution < 1.29 is 0 Å². The van der Waals surface area contributed by atoms with Crippen molar-refractivity contribution in [1.82, 2.24) is 4.98 Å². The van der Waals surface area contributed by atoms with Crippen LogP contribution in [0, 0.1) is 6.92 Å². The monoisotopic (exact) mass is 252 g/mol. The van der Waals surface area contributed by atoms with Gasteiger partial charge in [-0.15, -0.1) is 0 Å². The highest BCUT2D eigenvalue weighted by atomic mass is 15.1. The van der Waals surface area contributed by atoms with Gasteiger partial charge in [-0.3, -0.25) is 4.98 Å². The summed E-state index contributed by atoms with van der Waals surface area (Å²) in [4.78, 5) is 7.31.